The minimum absolute atomic E-state index is 0. The van der Waals surface area contributed by atoms with Crippen LogP contribution >= 0.6 is 0 Å². The molecule has 1 aromatic carbocycles. The first-order valence-electron chi connectivity index (χ1n) is 3.45. The van der Waals surface area contributed by atoms with E-state index in [0.717, 1.165) is 5.56 Å². The Morgan fingerprint density at radius 2 is 2.15 bits per heavy atom. The summed E-state index contributed by atoms with van der Waals surface area (Å²) in [5, 5.41) is 13.5. The quantitative estimate of drug-likeness (QED) is 0.539. The van der Waals surface area contributed by atoms with E-state index in [1.54, 1.807) is 6.07 Å². The Labute approximate surface area is 84.6 Å². The van der Waals surface area contributed by atoms with Crippen LogP contribution in [0.3, 0.4) is 0 Å². The number of tetrazole rings is 1. The smallest absolute Gasteiger partial charge is 0.204 e. The number of H-pyrrole nitrogens is 1. The molecule has 70 valence electrons. The number of hydrogen-bond acceptors (Lipinski definition) is 4. The molecule has 0 spiro atoms. The van der Waals surface area contributed by atoms with Crippen molar-refractivity contribution >= 4 is 5.69 Å². The molecule has 0 aliphatic carbocycles. The maximum Gasteiger partial charge on any atom is 0.204 e. The van der Waals surface area contributed by atoms with Gasteiger partial charge in [0.15, 0.2) is 0 Å². The normalized spacial score (nSPS) is 9.23. The zero-order chi connectivity index (χ0) is 8.39. The second-order valence-corrected chi connectivity index (χ2v) is 2.36. The van der Waals surface area contributed by atoms with Crippen LogP contribution in [0, 0.1) is 0 Å². The number of nitrogen functional groups attached to an aromatic ring is 1. The molecule has 3 N–H and O–H groups in total. The SMILES string of the molecule is Nc1cccc(-c2nn[nH]n2)c1.[Ni]. The van der Waals surface area contributed by atoms with Gasteiger partial charge >= 0.3 is 0 Å². The predicted molar refractivity (Wildman–Crippen MR) is 44.0 cm³/mol. The average molecular weight is 220 g/mol. The second-order valence-electron chi connectivity index (χ2n) is 2.36. The van der Waals surface area contributed by atoms with Crippen molar-refractivity contribution in [2.45, 2.75) is 0 Å². The molecular weight excluding hydrogens is 213 g/mol. The van der Waals surface area contributed by atoms with E-state index in [0.29, 0.717) is 11.5 Å². The van der Waals surface area contributed by atoms with E-state index in [4.69, 9.17) is 5.73 Å². The molecule has 6 heteroatoms. The number of nitrogens with one attached hydrogen (secondary N) is 1. The maximum atomic E-state index is 5.58. The summed E-state index contributed by atoms with van der Waals surface area (Å²) in [6, 6.07) is 7.33. The number of anilines is 1. The molecule has 2 aromatic rings. The standard InChI is InChI=1S/C7H7N5.Ni/c8-6-3-1-2-5(4-6)7-9-11-12-10-7;/h1-4H,8H2,(H,9,10,11,12);. The van der Waals surface area contributed by atoms with Gasteiger partial charge in [0.05, 0.1) is 0 Å². The molecule has 0 unspecified atom stereocenters. The summed E-state index contributed by atoms with van der Waals surface area (Å²) < 4.78 is 0. The van der Waals surface area contributed by atoms with Gasteiger partial charge in [0.1, 0.15) is 0 Å². The van der Waals surface area contributed by atoms with Gasteiger partial charge in [-0.3, -0.25) is 0 Å². The number of nitrogens with zero attached hydrogens (tertiary/aromatic N) is 3. The van der Waals surface area contributed by atoms with E-state index in [9.17, 15) is 0 Å². The molecular formula is C7H7N5Ni. The van der Waals surface area contributed by atoms with Crippen molar-refractivity contribution < 1.29 is 16.5 Å². The van der Waals surface area contributed by atoms with Crippen molar-refractivity contribution in [3.8, 4) is 11.4 Å². The van der Waals surface area contributed by atoms with Gasteiger partial charge in [-0.2, -0.15) is 5.21 Å². The molecule has 0 fully saturated rings. The first-order valence-corrected chi connectivity index (χ1v) is 3.45. The van der Waals surface area contributed by atoms with Crippen molar-refractivity contribution in [1.82, 2.24) is 20.6 Å². The van der Waals surface area contributed by atoms with E-state index in [1.165, 1.54) is 0 Å². The van der Waals surface area contributed by atoms with Gasteiger partial charge in [-0.15, -0.1) is 10.2 Å². The molecule has 13 heavy (non-hydrogen) atoms. The topological polar surface area (TPSA) is 80.5 Å². The van der Waals surface area contributed by atoms with Crippen LogP contribution in [0.4, 0.5) is 5.69 Å². The van der Waals surface area contributed by atoms with Gasteiger partial charge in [0.2, 0.25) is 5.82 Å². The van der Waals surface area contributed by atoms with Crippen LogP contribution in [0.1, 0.15) is 0 Å². The van der Waals surface area contributed by atoms with Crippen LogP contribution in [0.25, 0.3) is 11.4 Å². The molecule has 2 rings (SSSR count). The van der Waals surface area contributed by atoms with Crippen molar-refractivity contribution in [2.75, 3.05) is 5.73 Å². The third-order valence-corrected chi connectivity index (χ3v) is 1.49. The summed E-state index contributed by atoms with van der Waals surface area (Å²) in [6.45, 7) is 0. The molecule has 0 amide bonds. The second kappa shape index (κ2) is 4.00. The Balaban J connectivity index is 0.000000845. The Morgan fingerprint density at radius 1 is 1.31 bits per heavy atom. The summed E-state index contributed by atoms with van der Waals surface area (Å²) in [4.78, 5) is 0. The average Bonchev–Trinajstić information content (AvgIpc) is 2.56. The van der Waals surface area contributed by atoms with Crippen molar-refractivity contribution in [3.05, 3.63) is 24.3 Å². The Hall–Kier alpha value is -1.42. The fourth-order valence-electron chi connectivity index (χ4n) is 0.962. The van der Waals surface area contributed by atoms with Crippen LogP contribution in [0.15, 0.2) is 24.3 Å². The fraction of sp³-hybridized carbons (Fsp3) is 0. The van der Waals surface area contributed by atoms with Crippen LogP contribution in [-0.2, 0) is 16.5 Å². The van der Waals surface area contributed by atoms with Crippen LogP contribution < -0.4 is 5.73 Å². The first kappa shape index (κ1) is 9.67. The van der Waals surface area contributed by atoms with E-state index >= 15 is 0 Å². The number of rotatable bonds is 1. The van der Waals surface area contributed by atoms with Crippen LogP contribution in [0.2, 0.25) is 0 Å². The summed E-state index contributed by atoms with van der Waals surface area (Å²) in [7, 11) is 0. The van der Waals surface area contributed by atoms with Gasteiger partial charge in [0, 0.05) is 27.7 Å². The van der Waals surface area contributed by atoms with E-state index in [2.05, 4.69) is 20.6 Å². The molecule has 0 aliphatic heterocycles. The maximum absolute atomic E-state index is 5.58. The molecule has 1 heterocycles. The summed E-state index contributed by atoms with van der Waals surface area (Å²) in [5.74, 6) is 0.558. The third-order valence-electron chi connectivity index (χ3n) is 1.49. The minimum atomic E-state index is 0. The first-order chi connectivity index (χ1) is 5.86. The van der Waals surface area contributed by atoms with Gasteiger partial charge in [0.25, 0.3) is 0 Å². The summed E-state index contributed by atoms with van der Waals surface area (Å²) in [5.41, 5.74) is 7.14. The van der Waals surface area contributed by atoms with E-state index in [-0.39, 0.29) is 16.5 Å². The van der Waals surface area contributed by atoms with Crippen molar-refractivity contribution in [1.29, 1.82) is 0 Å². The van der Waals surface area contributed by atoms with Crippen LogP contribution in [0.5, 0.6) is 0 Å². The minimum Gasteiger partial charge on any atom is -0.399 e. The number of aromatic nitrogens is 4. The number of nitrogens with two attached hydrogens (primary N) is 1. The van der Waals surface area contributed by atoms with Crippen LogP contribution in [-0.4, -0.2) is 20.6 Å². The fourth-order valence-corrected chi connectivity index (χ4v) is 0.962. The molecule has 0 atom stereocenters. The molecule has 0 bridgehead atoms. The number of aromatic amines is 1. The Kier molecular flexibility index (Phi) is 2.98. The van der Waals surface area contributed by atoms with Gasteiger partial charge < -0.3 is 5.73 Å². The molecule has 0 saturated carbocycles. The zero-order valence-electron chi connectivity index (χ0n) is 6.54. The molecule has 0 aliphatic rings. The zero-order valence-corrected chi connectivity index (χ0v) is 7.53. The van der Waals surface area contributed by atoms with E-state index in [1.807, 2.05) is 18.2 Å². The molecule has 1 aromatic heterocycles. The van der Waals surface area contributed by atoms with Gasteiger partial charge in [-0.25, -0.2) is 0 Å². The van der Waals surface area contributed by atoms with Crippen molar-refractivity contribution in [2.24, 2.45) is 0 Å². The third kappa shape index (κ3) is 2.03. The Morgan fingerprint density at radius 3 is 2.77 bits per heavy atom. The summed E-state index contributed by atoms with van der Waals surface area (Å²) in [6.07, 6.45) is 0. The number of hydrogen-bond donors (Lipinski definition) is 2. The van der Waals surface area contributed by atoms with E-state index < -0.39 is 0 Å². The largest absolute Gasteiger partial charge is 0.399 e. The van der Waals surface area contributed by atoms with Gasteiger partial charge in [-0.05, 0) is 17.3 Å². The summed E-state index contributed by atoms with van der Waals surface area (Å²) >= 11 is 0. The van der Waals surface area contributed by atoms with Crippen molar-refractivity contribution in [3.63, 3.8) is 0 Å². The number of benzene rings is 1. The molecule has 0 radical (unpaired) electrons. The molecule has 5 nitrogen and oxygen atoms in total. The van der Waals surface area contributed by atoms with Gasteiger partial charge in [-0.1, -0.05) is 12.1 Å². The predicted octanol–water partition coefficient (Wildman–Crippen LogP) is 0.446. The Bertz CT molecular complexity index is 372. The monoisotopic (exact) mass is 219 g/mol. The molecule has 0 saturated heterocycles.